The molecule has 1 aromatic rings. The van der Waals surface area contributed by atoms with Gasteiger partial charge in [0, 0.05) is 25.7 Å². The van der Waals surface area contributed by atoms with Crippen LogP contribution in [0.2, 0.25) is 0 Å². The number of carbonyl (C=O) groups is 1. The first kappa shape index (κ1) is 21.8. The van der Waals surface area contributed by atoms with Crippen LogP contribution in [0.25, 0.3) is 0 Å². The minimum absolute atomic E-state index is 0.173. The lowest BCUT2D eigenvalue weighted by Gasteiger charge is -2.52. The summed E-state index contributed by atoms with van der Waals surface area (Å²) in [6.07, 6.45) is 8.21. The van der Waals surface area contributed by atoms with Crippen molar-refractivity contribution in [2.45, 2.75) is 63.7 Å². The monoisotopic (exact) mass is 403 g/mol. The number of benzene rings is 1. The molecule has 0 aliphatic heterocycles. The summed E-state index contributed by atoms with van der Waals surface area (Å²) in [5.41, 5.74) is 2.01. The number of methoxy groups -OCH3 is 1. The number of halogens is 1. The number of hydrogen-bond acceptors (Lipinski definition) is 3. The van der Waals surface area contributed by atoms with Crippen LogP contribution in [-0.4, -0.2) is 32.8 Å². The summed E-state index contributed by atoms with van der Waals surface area (Å²) in [7, 11) is 1.69. The SMILES string of the molecule is CC/C(=C\F)COc1ccc(C23CCC(C(=O)NCCCOC)(CC2)CC3)cc1. The van der Waals surface area contributed by atoms with E-state index in [9.17, 15) is 9.18 Å². The molecular formula is C24H34FNO3. The molecule has 3 saturated carbocycles. The topological polar surface area (TPSA) is 47.6 Å². The van der Waals surface area contributed by atoms with E-state index in [2.05, 4.69) is 17.4 Å². The molecule has 0 atom stereocenters. The Balaban J connectivity index is 1.57. The number of hydrogen-bond donors (Lipinski definition) is 1. The molecule has 3 fully saturated rings. The van der Waals surface area contributed by atoms with Gasteiger partial charge in [0.05, 0.1) is 6.33 Å². The number of amides is 1. The van der Waals surface area contributed by atoms with Gasteiger partial charge in [0.25, 0.3) is 0 Å². The molecule has 0 spiro atoms. The van der Waals surface area contributed by atoms with E-state index in [1.54, 1.807) is 7.11 Å². The van der Waals surface area contributed by atoms with Crippen LogP contribution >= 0.6 is 0 Å². The second-order valence-electron chi connectivity index (χ2n) is 8.60. The zero-order valence-corrected chi connectivity index (χ0v) is 17.8. The van der Waals surface area contributed by atoms with Gasteiger partial charge in [0.15, 0.2) is 0 Å². The van der Waals surface area contributed by atoms with Crippen LogP contribution in [0.4, 0.5) is 4.39 Å². The molecule has 4 rings (SSSR count). The van der Waals surface area contributed by atoms with E-state index in [-0.39, 0.29) is 16.7 Å². The van der Waals surface area contributed by atoms with E-state index in [4.69, 9.17) is 9.47 Å². The van der Waals surface area contributed by atoms with E-state index in [1.807, 2.05) is 19.1 Å². The van der Waals surface area contributed by atoms with Gasteiger partial charge in [-0.2, -0.15) is 0 Å². The molecular weight excluding hydrogens is 369 g/mol. The minimum atomic E-state index is -0.173. The summed E-state index contributed by atoms with van der Waals surface area (Å²) in [5.74, 6) is 1.01. The van der Waals surface area contributed by atoms with Gasteiger partial charge < -0.3 is 14.8 Å². The number of fused-ring (bicyclic) bond motifs is 3. The predicted octanol–water partition coefficient (Wildman–Crippen LogP) is 5.07. The maximum absolute atomic E-state index is 12.8. The third-order valence-electron chi connectivity index (χ3n) is 7.04. The largest absolute Gasteiger partial charge is 0.489 e. The second kappa shape index (κ2) is 9.75. The average molecular weight is 404 g/mol. The summed E-state index contributed by atoms with van der Waals surface area (Å²) in [5, 5.41) is 3.13. The second-order valence-corrected chi connectivity index (χ2v) is 8.60. The summed E-state index contributed by atoms with van der Waals surface area (Å²) < 4.78 is 23.4. The first-order valence-electron chi connectivity index (χ1n) is 10.9. The molecule has 29 heavy (non-hydrogen) atoms. The van der Waals surface area contributed by atoms with E-state index >= 15 is 0 Å². The van der Waals surface area contributed by atoms with Gasteiger partial charge in [-0.3, -0.25) is 4.79 Å². The Morgan fingerprint density at radius 2 is 1.79 bits per heavy atom. The van der Waals surface area contributed by atoms with Crippen LogP contribution in [0.1, 0.15) is 63.9 Å². The van der Waals surface area contributed by atoms with Crippen molar-refractivity contribution in [2.75, 3.05) is 26.9 Å². The molecule has 5 heteroatoms. The van der Waals surface area contributed by atoms with Crippen LogP contribution in [0.15, 0.2) is 36.2 Å². The maximum atomic E-state index is 12.8. The zero-order chi connectivity index (χ0) is 20.7. The van der Waals surface area contributed by atoms with E-state index in [0.29, 0.717) is 38.1 Å². The molecule has 0 saturated heterocycles. The normalized spacial score (nSPS) is 26.4. The van der Waals surface area contributed by atoms with Crippen molar-refractivity contribution in [3.63, 3.8) is 0 Å². The lowest BCUT2D eigenvalue weighted by molar-refractivity contribution is -0.137. The van der Waals surface area contributed by atoms with Crippen LogP contribution in [0.3, 0.4) is 0 Å². The lowest BCUT2D eigenvalue weighted by Crippen LogP contribution is -2.51. The van der Waals surface area contributed by atoms with Gasteiger partial charge in [-0.25, -0.2) is 4.39 Å². The molecule has 160 valence electrons. The Morgan fingerprint density at radius 3 is 2.34 bits per heavy atom. The number of rotatable bonds is 10. The maximum Gasteiger partial charge on any atom is 0.226 e. The highest BCUT2D eigenvalue weighted by Crippen LogP contribution is 2.57. The number of nitrogens with one attached hydrogen (secondary N) is 1. The molecule has 3 aliphatic rings. The van der Waals surface area contributed by atoms with Crippen molar-refractivity contribution < 1.29 is 18.7 Å². The fourth-order valence-electron chi connectivity index (χ4n) is 4.86. The summed E-state index contributed by atoms with van der Waals surface area (Å²) in [6.45, 7) is 3.58. The third-order valence-corrected chi connectivity index (χ3v) is 7.04. The van der Waals surface area contributed by atoms with E-state index < -0.39 is 0 Å². The molecule has 1 N–H and O–H groups in total. The highest BCUT2D eigenvalue weighted by Gasteiger charge is 2.52. The zero-order valence-electron chi connectivity index (χ0n) is 17.8. The van der Waals surface area contributed by atoms with Crippen LogP contribution in [0.5, 0.6) is 5.75 Å². The molecule has 0 radical (unpaired) electrons. The summed E-state index contributed by atoms with van der Waals surface area (Å²) >= 11 is 0. The highest BCUT2D eigenvalue weighted by atomic mass is 19.1. The van der Waals surface area contributed by atoms with Crippen molar-refractivity contribution in [3.05, 3.63) is 41.7 Å². The van der Waals surface area contributed by atoms with E-state index in [0.717, 1.165) is 50.7 Å². The summed E-state index contributed by atoms with van der Waals surface area (Å²) in [4.78, 5) is 12.8. The Labute approximate surface area is 173 Å². The van der Waals surface area contributed by atoms with Crippen LogP contribution in [0, 0.1) is 5.41 Å². The van der Waals surface area contributed by atoms with Gasteiger partial charge in [0.2, 0.25) is 5.91 Å². The van der Waals surface area contributed by atoms with Crippen molar-refractivity contribution in [2.24, 2.45) is 5.41 Å². The molecule has 3 aliphatic carbocycles. The van der Waals surface area contributed by atoms with Crippen molar-refractivity contribution >= 4 is 5.91 Å². The molecule has 4 nitrogen and oxygen atoms in total. The smallest absolute Gasteiger partial charge is 0.226 e. The first-order chi connectivity index (χ1) is 14.1. The lowest BCUT2D eigenvalue weighted by atomic mass is 9.51. The minimum Gasteiger partial charge on any atom is -0.489 e. The van der Waals surface area contributed by atoms with Crippen molar-refractivity contribution in [1.29, 1.82) is 0 Å². The van der Waals surface area contributed by atoms with Crippen LogP contribution in [-0.2, 0) is 14.9 Å². The standard InChI is InChI=1S/C24H34FNO3/c1-3-19(17-25)18-29-21-7-5-20(6-8-21)23-9-12-24(13-10-23,14-11-23)22(27)26-15-4-16-28-2/h5-8,17H,3-4,9-16,18H2,1-2H3,(H,26,27)/b19-17+. The quantitative estimate of drug-likeness (QED) is 0.555. The third kappa shape index (κ3) is 4.82. The fraction of sp³-hybridized carbons (Fsp3) is 0.625. The number of ether oxygens (including phenoxy) is 2. The molecule has 0 heterocycles. The Bertz CT molecular complexity index is 689. The Morgan fingerprint density at radius 1 is 1.14 bits per heavy atom. The van der Waals surface area contributed by atoms with Crippen molar-refractivity contribution in [1.82, 2.24) is 5.32 Å². The van der Waals surface area contributed by atoms with Gasteiger partial charge in [-0.15, -0.1) is 0 Å². The predicted molar refractivity (Wildman–Crippen MR) is 113 cm³/mol. The fourth-order valence-corrected chi connectivity index (χ4v) is 4.86. The van der Waals surface area contributed by atoms with Gasteiger partial charge in [-0.05, 0) is 80.1 Å². The Hall–Kier alpha value is -1.88. The molecule has 2 bridgehead atoms. The molecule has 1 aromatic carbocycles. The molecule has 0 unspecified atom stereocenters. The van der Waals surface area contributed by atoms with Crippen molar-refractivity contribution in [3.8, 4) is 5.75 Å². The number of carbonyl (C=O) groups excluding carboxylic acids is 1. The van der Waals surface area contributed by atoms with Gasteiger partial charge in [-0.1, -0.05) is 19.1 Å². The van der Waals surface area contributed by atoms with Gasteiger partial charge in [0.1, 0.15) is 12.4 Å². The van der Waals surface area contributed by atoms with Crippen LogP contribution < -0.4 is 10.1 Å². The first-order valence-corrected chi connectivity index (χ1v) is 10.9. The highest BCUT2D eigenvalue weighted by molar-refractivity contribution is 5.83. The molecule has 1 amide bonds. The molecule has 0 aromatic heterocycles. The Kier molecular flexibility index (Phi) is 7.33. The summed E-state index contributed by atoms with van der Waals surface area (Å²) in [6, 6.07) is 8.30. The van der Waals surface area contributed by atoms with E-state index in [1.165, 1.54) is 5.56 Å². The average Bonchev–Trinajstić information content (AvgIpc) is 2.79. The van der Waals surface area contributed by atoms with Gasteiger partial charge >= 0.3 is 0 Å².